The summed E-state index contributed by atoms with van der Waals surface area (Å²) in [6, 6.07) is 13.1. The molecule has 1 N–H and O–H groups in total. The fourth-order valence-electron chi connectivity index (χ4n) is 3.88. The van der Waals surface area contributed by atoms with Crippen molar-refractivity contribution < 1.29 is 9.53 Å². The summed E-state index contributed by atoms with van der Waals surface area (Å²) in [6.45, 7) is 8.18. The van der Waals surface area contributed by atoms with Crippen LogP contribution in [-0.4, -0.2) is 28.3 Å². The maximum Gasteiger partial charge on any atom is 0.267 e. The first-order chi connectivity index (χ1) is 16.8. The van der Waals surface area contributed by atoms with Gasteiger partial charge in [-0.15, -0.1) is 11.3 Å². The molecule has 0 fully saturated rings. The average Bonchev–Trinajstić information content (AvgIpc) is 3.16. The fourth-order valence-corrected chi connectivity index (χ4v) is 6.01. The van der Waals surface area contributed by atoms with Crippen molar-refractivity contribution in [3.63, 3.8) is 0 Å². The molecular weight excluding hydrogens is 478 g/mol. The van der Waals surface area contributed by atoms with Crippen molar-refractivity contribution in [1.82, 2.24) is 9.55 Å². The van der Waals surface area contributed by atoms with Crippen LogP contribution in [0.2, 0.25) is 0 Å². The highest BCUT2D eigenvalue weighted by molar-refractivity contribution is 7.99. The van der Waals surface area contributed by atoms with Gasteiger partial charge in [0.25, 0.3) is 5.56 Å². The summed E-state index contributed by atoms with van der Waals surface area (Å²) >= 11 is 2.83. The number of nitrogens with one attached hydrogen (secondary N) is 1. The Morgan fingerprint density at radius 1 is 1.11 bits per heavy atom. The molecule has 182 valence electrons. The summed E-state index contributed by atoms with van der Waals surface area (Å²) in [4.78, 5) is 33.2. The molecule has 0 radical (unpaired) electrons. The quantitative estimate of drug-likeness (QED) is 0.232. The van der Waals surface area contributed by atoms with Gasteiger partial charge in [-0.2, -0.15) is 0 Å². The SMILES string of the molecule is CCCc1sc2nc(SCC(=O)Nc3ccc(C)c(C)c3)n(-c3ccc(OC)cc3)c(=O)c2c1C. The number of aryl methyl sites for hydroxylation is 4. The summed E-state index contributed by atoms with van der Waals surface area (Å²) in [5.74, 6) is 0.686. The lowest BCUT2D eigenvalue weighted by Crippen LogP contribution is -2.23. The van der Waals surface area contributed by atoms with Crippen LogP contribution in [0.5, 0.6) is 5.75 Å². The Balaban J connectivity index is 1.70. The highest BCUT2D eigenvalue weighted by Crippen LogP contribution is 2.31. The molecule has 0 bridgehead atoms. The van der Waals surface area contributed by atoms with Crippen molar-refractivity contribution >= 4 is 44.9 Å². The van der Waals surface area contributed by atoms with Crippen LogP contribution in [0.25, 0.3) is 15.9 Å². The van der Waals surface area contributed by atoms with E-state index in [1.54, 1.807) is 23.0 Å². The van der Waals surface area contributed by atoms with Crippen LogP contribution >= 0.6 is 23.1 Å². The first-order valence-corrected chi connectivity index (χ1v) is 13.3. The number of carbonyl (C=O) groups excluding carboxylic acids is 1. The minimum atomic E-state index is -0.150. The van der Waals surface area contributed by atoms with Crippen LogP contribution < -0.4 is 15.6 Å². The Labute approximate surface area is 213 Å². The number of thiophene rings is 1. The topological polar surface area (TPSA) is 73.2 Å². The van der Waals surface area contributed by atoms with Crippen LogP contribution in [-0.2, 0) is 11.2 Å². The number of hydrogen-bond donors (Lipinski definition) is 1. The molecule has 8 heteroatoms. The third kappa shape index (κ3) is 5.28. The van der Waals surface area contributed by atoms with E-state index in [0.29, 0.717) is 22.0 Å². The summed E-state index contributed by atoms with van der Waals surface area (Å²) < 4.78 is 6.88. The van der Waals surface area contributed by atoms with Crippen molar-refractivity contribution in [2.45, 2.75) is 45.7 Å². The first-order valence-electron chi connectivity index (χ1n) is 11.5. The Morgan fingerprint density at radius 2 is 1.86 bits per heavy atom. The molecule has 0 atom stereocenters. The molecule has 0 unspecified atom stereocenters. The van der Waals surface area contributed by atoms with Gasteiger partial charge >= 0.3 is 0 Å². The van der Waals surface area contributed by atoms with Gasteiger partial charge in [0.1, 0.15) is 10.6 Å². The molecular formula is C27H29N3O3S2. The van der Waals surface area contributed by atoms with Crippen molar-refractivity contribution in [2.24, 2.45) is 0 Å². The lowest BCUT2D eigenvalue weighted by Gasteiger charge is -2.13. The average molecular weight is 508 g/mol. The Morgan fingerprint density at radius 3 is 2.51 bits per heavy atom. The van der Waals surface area contributed by atoms with E-state index in [-0.39, 0.29) is 17.2 Å². The highest BCUT2D eigenvalue weighted by atomic mass is 32.2. The predicted molar refractivity (Wildman–Crippen MR) is 146 cm³/mol. The molecule has 0 aliphatic rings. The van der Waals surface area contributed by atoms with E-state index in [2.05, 4.69) is 12.2 Å². The third-order valence-corrected chi connectivity index (χ3v) is 8.15. The van der Waals surface area contributed by atoms with Gasteiger partial charge in [0, 0.05) is 10.6 Å². The zero-order chi connectivity index (χ0) is 25.1. The van der Waals surface area contributed by atoms with Gasteiger partial charge in [0.2, 0.25) is 5.91 Å². The summed E-state index contributed by atoms with van der Waals surface area (Å²) in [5, 5.41) is 4.09. The number of rotatable bonds is 8. The molecule has 4 aromatic rings. The van der Waals surface area contributed by atoms with E-state index in [1.807, 2.05) is 63.2 Å². The van der Waals surface area contributed by atoms with E-state index in [1.165, 1.54) is 22.2 Å². The zero-order valence-corrected chi connectivity index (χ0v) is 22.2. The second-order valence-electron chi connectivity index (χ2n) is 8.45. The van der Waals surface area contributed by atoms with Gasteiger partial charge < -0.3 is 10.1 Å². The van der Waals surface area contributed by atoms with Crippen molar-refractivity contribution in [3.8, 4) is 11.4 Å². The van der Waals surface area contributed by atoms with Crippen molar-refractivity contribution in [3.05, 3.63) is 74.4 Å². The van der Waals surface area contributed by atoms with Gasteiger partial charge in [-0.3, -0.25) is 14.2 Å². The van der Waals surface area contributed by atoms with E-state index in [9.17, 15) is 9.59 Å². The van der Waals surface area contributed by atoms with Gasteiger partial charge in [-0.25, -0.2) is 4.98 Å². The summed E-state index contributed by atoms with van der Waals surface area (Å²) in [5.41, 5.74) is 4.61. The monoisotopic (exact) mass is 507 g/mol. The van der Waals surface area contributed by atoms with Crippen LogP contribution in [0.15, 0.2) is 52.4 Å². The largest absolute Gasteiger partial charge is 0.497 e. The minimum absolute atomic E-state index is 0.117. The maximum absolute atomic E-state index is 13.7. The number of benzene rings is 2. The molecule has 0 saturated heterocycles. The Kier molecular flexibility index (Phi) is 7.62. The number of hydrogen-bond acceptors (Lipinski definition) is 6. The number of nitrogens with zero attached hydrogens (tertiary/aromatic N) is 2. The maximum atomic E-state index is 13.7. The van der Waals surface area contributed by atoms with E-state index < -0.39 is 0 Å². The van der Waals surface area contributed by atoms with Gasteiger partial charge in [0.05, 0.1) is 23.9 Å². The fraction of sp³-hybridized carbons (Fsp3) is 0.296. The van der Waals surface area contributed by atoms with Crippen LogP contribution in [0.3, 0.4) is 0 Å². The molecule has 2 heterocycles. The first kappa shape index (κ1) is 25.0. The third-order valence-electron chi connectivity index (χ3n) is 5.96. The van der Waals surface area contributed by atoms with Gasteiger partial charge in [0.15, 0.2) is 5.16 Å². The Bertz CT molecular complexity index is 1440. The number of fused-ring (bicyclic) bond motifs is 1. The lowest BCUT2D eigenvalue weighted by molar-refractivity contribution is -0.113. The van der Waals surface area contributed by atoms with Gasteiger partial charge in [-0.1, -0.05) is 31.2 Å². The molecule has 2 aromatic heterocycles. The highest BCUT2D eigenvalue weighted by Gasteiger charge is 2.20. The normalized spacial score (nSPS) is 11.1. The van der Waals surface area contributed by atoms with E-state index in [4.69, 9.17) is 9.72 Å². The summed E-state index contributed by atoms with van der Waals surface area (Å²) in [7, 11) is 1.61. The minimum Gasteiger partial charge on any atom is -0.497 e. The molecule has 0 aliphatic heterocycles. The number of amides is 1. The second kappa shape index (κ2) is 10.7. The molecule has 6 nitrogen and oxygen atoms in total. The number of anilines is 1. The molecule has 0 spiro atoms. The zero-order valence-electron chi connectivity index (χ0n) is 20.6. The van der Waals surface area contributed by atoms with Crippen molar-refractivity contribution in [1.29, 1.82) is 0 Å². The number of ether oxygens (including phenoxy) is 1. The Hall–Kier alpha value is -3.10. The molecule has 4 rings (SSSR count). The molecule has 35 heavy (non-hydrogen) atoms. The number of carbonyl (C=O) groups is 1. The van der Waals surface area contributed by atoms with Gasteiger partial charge in [-0.05, 0) is 80.3 Å². The molecule has 0 aliphatic carbocycles. The van der Waals surface area contributed by atoms with Crippen LogP contribution in [0.1, 0.15) is 34.9 Å². The van der Waals surface area contributed by atoms with Crippen molar-refractivity contribution in [2.75, 3.05) is 18.2 Å². The number of aromatic nitrogens is 2. The van der Waals surface area contributed by atoms with Crippen LogP contribution in [0, 0.1) is 20.8 Å². The number of thioether (sulfide) groups is 1. The summed E-state index contributed by atoms with van der Waals surface area (Å²) in [6.07, 6.45) is 1.91. The van der Waals surface area contributed by atoms with Crippen LogP contribution in [0.4, 0.5) is 5.69 Å². The molecule has 1 amide bonds. The molecule has 2 aromatic carbocycles. The standard InChI is InChI=1S/C27H29N3O3S2/c1-6-7-22-18(4)24-25(35-22)29-27(30(26(24)32)20-10-12-21(33-5)13-11-20)34-15-23(31)28-19-9-8-16(2)17(3)14-19/h8-14H,6-7,15H2,1-5H3,(H,28,31). The second-order valence-corrected chi connectivity index (χ2v) is 10.5. The number of methoxy groups -OCH3 is 1. The molecule has 0 saturated carbocycles. The lowest BCUT2D eigenvalue weighted by atomic mass is 10.1. The smallest absolute Gasteiger partial charge is 0.267 e. The predicted octanol–water partition coefficient (Wildman–Crippen LogP) is 6.06. The van der Waals surface area contributed by atoms with E-state index in [0.717, 1.165) is 34.5 Å². The van der Waals surface area contributed by atoms with E-state index >= 15 is 0 Å².